The number of aryl methyl sites for hydroxylation is 1. The average Bonchev–Trinajstić information content (AvgIpc) is 3.60. The van der Waals surface area contributed by atoms with E-state index < -0.39 is 6.09 Å². The number of aromatic nitrogens is 7. The maximum Gasteiger partial charge on any atom is 0.413 e. The Bertz CT molecular complexity index is 1640. The molecule has 0 aliphatic heterocycles. The monoisotopic (exact) mass is 554 g/mol. The molecule has 5 aromatic rings. The van der Waals surface area contributed by atoms with E-state index in [1.807, 2.05) is 48.3 Å². The fourth-order valence-electron chi connectivity index (χ4n) is 5.00. The van der Waals surface area contributed by atoms with Crippen LogP contribution in [0.5, 0.6) is 17.8 Å². The number of pyridine rings is 1. The number of carbonyl (C=O) groups excluding carboxylic acids is 1. The number of hydrogen-bond donors (Lipinski definition) is 1. The number of amides is 1. The minimum Gasteiger partial charge on any atom is -0.473 e. The summed E-state index contributed by atoms with van der Waals surface area (Å²) in [7, 11) is 3.37. The molecule has 12 heteroatoms. The van der Waals surface area contributed by atoms with Crippen molar-refractivity contribution in [1.29, 1.82) is 0 Å². The van der Waals surface area contributed by atoms with Crippen LogP contribution in [0.25, 0.3) is 22.2 Å². The molecule has 0 unspecified atom stereocenters. The molecule has 0 radical (unpaired) electrons. The van der Waals surface area contributed by atoms with Crippen LogP contribution in [0.15, 0.2) is 67.3 Å². The van der Waals surface area contributed by atoms with E-state index in [0.717, 1.165) is 53.4 Å². The summed E-state index contributed by atoms with van der Waals surface area (Å²) in [6, 6.07) is 13.9. The van der Waals surface area contributed by atoms with Gasteiger partial charge in [0.05, 0.1) is 17.8 Å². The molecule has 1 aliphatic carbocycles. The highest BCUT2D eigenvalue weighted by atomic mass is 16.6. The Balaban J connectivity index is 1.16. The Morgan fingerprint density at radius 2 is 1.88 bits per heavy atom. The predicted molar refractivity (Wildman–Crippen MR) is 150 cm³/mol. The highest BCUT2D eigenvalue weighted by Gasteiger charge is 2.28. The molecule has 1 aromatic carbocycles. The van der Waals surface area contributed by atoms with E-state index in [-0.39, 0.29) is 18.0 Å². The third-order valence-electron chi connectivity index (χ3n) is 7.05. The van der Waals surface area contributed by atoms with Crippen molar-refractivity contribution < 1.29 is 19.0 Å². The number of rotatable bonds is 8. The Hall–Kier alpha value is -5.00. The van der Waals surface area contributed by atoms with E-state index in [9.17, 15) is 4.79 Å². The van der Waals surface area contributed by atoms with Gasteiger partial charge in [-0.2, -0.15) is 15.2 Å². The number of hydrogen-bond acceptors (Lipinski definition) is 9. The van der Waals surface area contributed by atoms with Crippen molar-refractivity contribution in [3.05, 3.63) is 72.8 Å². The van der Waals surface area contributed by atoms with Gasteiger partial charge in [-0.1, -0.05) is 30.3 Å². The molecule has 0 spiro atoms. The number of fused-ring (bicyclic) bond motifs is 1. The summed E-state index contributed by atoms with van der Waals surface area (Å²) in [5, 5.41) is 12.6. The van der Waals surface area contributed by atoms with Crippen molar-refractivity contribution in [3.63, 3.8) is 0 Å². The molecule has 12 nitrogen and oxygen atoms in total. The van der Waals surface area contributed by atoms with Crippen LogP contribution in [0.3, 0.4) is 0 Å². The first-order chi connectivity index (χ1) is 20.1. The summed E-state index contributed by atoms with van der Waals surface area (Å²) in [5.41, 5.74) is 3.58. The van der Waals surface area contributed by atoms with Crippen LogP contribution < -0.4 is 19.5 Å². The van der Waals surface area contributed by atoms with Crippen LogP contribution in [0.4, 0.5) is 4.79 Å². The first-order valence-electron chi connectivity index (χ1n) is 13.5. The lowest BCUT2D eigenvalue weighted by atomic mass is 9.93. The molecule has 6 rings (SSSR count). The van der Waals surface area contributed by atoms with Crippen LogP contribution in [-0.4, -0.2) is 53.8 Å². The zero-order valence-corrected chi connectivity index (χ0v) is 22.8. The Kier molecular flexibility index (Phi) is 7.44. The Labute approximate surface area is 236 Å². The van der Waals surface area contributed by atoms with Gasteiger partial charge in [-0.3, -0.25) is 9.36 Å². The molecule has 0 atom stereocenters. The topological polar surface area (TPSA) is 131 Å². The maximum absolute atomic E-state index is 11.8. The molecule has 1 saturated carbocycles. The predicted octanol–water partition coefficient (Wildman–Crippen LogP) is 4.48. The van der Waals surface area contributed by atoms with E-state index >= 15 is 0 Å². The van der Waals surface area contributed by atoms with Gasteiger partial charge in [0.15, 0.2) is 0 Å². The first kappa shape index (κ1) is 26.2. The summed E-state index contributed by atoms with van der Waals surface area (Å²) in [4.78, 5) is 24.9. The van der Waals surface area contributed by atoms with Crippen molar-refractivity contribution in [2.24, 2.45) is 7.05 Å². The minimum absolute atomic E-state index is 0.0240. The molecule has 0 bridgehead atoms. The summed E-state index contributed by atoms with van der Waals surface area (Å²) in [5.74, 6) is 0.682. The standard InChI is InChI=1S/C29H30N8O4/c1-30-29(38)41-26-14-24-23(16-32-26)27(20-15-33-36(2)17-20)35-37(24)21-8-10-22(11-9-21)40-28-31-13-12-25(34-28)39-18-19-6-4-3-5-7-19/h3-7,12-17,21-22H,8-11,18H2,1-2H3,(H,30,38). The van der Waals surface area contributed by atoms with E-state index in [0.29, 0.717) is 18.5 Å². The van der Waals surface area contributed by atoms with E-state index in [2.05, 4.69) is 25.4 Å². The van der Waals surface area contributed by atoms with E-state index in [1.165, 1.54) is 7.05 Å². The van der Waals surface area contributed by atoms with Gasteiger partial charge in [-0.05, 0) is 31.2 Å². The van der Waals surface area contributed by atoms with Crippen LogP contribution >= 0.6 is 0 Å². The summed E-state index contributed by atoms with van der Waals surface area (Å²) >= 11 is 0. The normalized spacial score (nSPS) is 16.8. The summed E-state index contributed by atoms with van der Waals surface area (Å²) in [6.45, 7) is 0.423. The van der Waals surface area contributed by atoms with E-state index in [4.69, 9.17) is 19.3 Å². The molecule has 1 aliphatic rings. The van der Waals surface area contributed by atoms with Crippen LogP contribution in [0.1, 0.15) is 37.3 Å². The second-order valence-corrected chi connectivity index (χ2v) is 9.88. The largest absolute Gasteiger partial charge is 0.473 e. The maximum atomic E-state index is 11.8. The molecular weight excluding hydrogens is 524 g/mol. The number of nitrogens with one attached hydrogen (secondary N) is 1. The Morgan fingerprint density at radius 1 is 1.05 bits per heavy atom. The number of nitrogens with zero attached hydrogens (tertiary/aromatic N) is 7. The van der Waals surface area contributed by atoms with Gasteiger partial charge in [0, 0.05) is 55.8 Å². The van der Waals surface area contributed by atoms with E-state index in [1.54, 1.807) is 35.4 Å². The van der Waals surface area contributed by atoms with Gasteiger partial charge in [-0.15, -0.1) is 0 Å². The summed E-state index contributed by atoms with van der Waals surface area (Å²) in [6.07, 6.45) is 9.73. The van der Waals surface area contributed by atoms with Gasteiger partial charge in [0.25, 0.3) is 0 Å². The summed E-state index contributed by atoms with van der Waals surface area (Å²) < 4.78 is 21.0. The second kappa shape index (κ2) is 11.6. The number of carbonyl (C=O) groups is 1. The minimum atomic E-state index is -0.579. The number of ether oxygens (including phenoxy) is 3. The van der Waals surface area contributed by atoms with Crippen LogP contribution in [0, 0.1) is 0 Å². The van der Waals surface area contributed by atoms with Gasteiger partial charge < -0.3 is 19.5 Å². The highest BCUT2D eigenvalue weighted by Crippen LogP contribution is 2.36. The average molecular weight is 555 g/mol. The molecule has 1 fully saturated rings. The molecule has 0 saturated heterocycles. The third-order valence-corrected chi connectivity index (χ3v) is 7.05. The molecule has 210 valence electrons. The van der Waals surface area contributed by atoms with Gasteiger partial charge >= 0.3 is 12.1 Å². The highest BCUT2D eigenvalue weighted by molar-refractivity contribution is 5.93. The zero-order valence-electron chi connectivity index (χ0n) is 22.8. The molecular formula is C29H30N8O4. The van der Waals surface area contributed by atoms with Crippen molar-refractivity contribution >= 4 is 17.0 Å². The SMILES string of the molecule is CNC(=O)Oc1cc2c(cn1)c(-c1cnn(C)c1)nn2C1CCC(Oc2nccc(OCc3ccccc3)n2)CC1. The van der Waals surface area contributed by atoms with Crippen LogP contribution in [-0.2, 0) is 13.7 Å². The van der Waals surface area contributed by atoms with Gasteiger partial charge in [-0.25, -0.2) is 14.8 Å². The molecule has 4 heterocycles. The fourth-order valence-corrected chi connectivity index (χ4v) is 5.00. The van der Waals surface area contributed by atoms with Gasteiger partial charge in [0.1, 0.15) is 18.4 Å². The van der Waals surface area contributed by atoms with Crippen molar-refractivity contribution in [2.75, 3.05) is 7.05 Å². The fraction of sp³-hybridized carbons (Fsp3) is 0.310. The molecule has 41 heavy (non-hydrogen) atoms. The third kappa shape index (κ3) is 5.96. The number of benzene rings is 1. The quantitative estimate of drug-likeness (QED) is 0.295. The molecule has 4 aromatic heterocycles. The van der Waals surface area contributed by atoms with Crippen molar-refractivity contribution in [3.8, 4) is 29.0 Å². The lowest BCUT2D eigenvalue weighted by Gasteiger charge is -2.29. The van der Waals surface area contributed by atoms with Gasteiger partial charge in [0.2, 0.25) is 11.8 Å². The second-order valence-electron chi connectivity index (χ2n) is 9.88. The van der Waals surface area contributed by atoms with Crippen LogP contribution in [0.2, 0.25) is 0 Å². The lowest BCUT2D eigenvalue weighted by molar-refractivity contribution is 0.118. The van der Waals surface area contributed by atoms with Crippen molar-refractivity contribution in [1.82, 2.24) is 39.8 Å². The first-order valence-corrected chi connectivity index (χ1v) is 13.5. The smallest absolute Gasteiger partial charge is 0.413 e. The zero-order chi connectivity index (χ0) is 28.2. The molecule has 1 amide bonds. The molecule has 1 N–H and O–H groups in total. The Morgan fingerprint density at radius 3 is 2.63 bits per heavy atom. The lowest BCUT2D eigenvalue weighted by Crippen LogP contribution is -2.27. The van der Waals surface area contributed by atoms with Crippen molar-refractivity contribution in [2.45, 2.75) is 44.4 Å².